The van der Waals surface area contributed by atoms with Crippen LogP contribution in [0.1, 0.15) is 5.69 Å². The fourth-order valence-corrected chi connectivity index (χ4v) is 0.691. The number of nitrogens with zero attached hydrogens (tertiary/aromatic N) is 1. The zero-order valence-corrected chi connectivity index (χ0v) is 6.11. The summed E-state index contributed by atoms with van der Waals surface area (Å²) in [5.74, 6) is 0. The lowest BCUT2D eigenvalue weighted by atomic mass is 10.5. The normalized spacial score (nSPS) is 10.9. The summed E-state index contributed by atoms with van der Waals surface area (Å²) in [6.45, 7) is -3.04. The molecule has 0 aliphatic rings. The van der Waals surface area contributed by atoms with E-state index < -0.39 is 6.61 Å². The van der Waals surface area contributed by atoms with Crippen LogP contribution in [-0.4, -0.2) is 16.8 Å². The molecule has 1 aromatic rings. The Labute approximate surface area is 66.3 Å². The Bertz CT molecular complexity index is 228. The summed E-state index contributed by atoms with van der Waals surface area (Å²) in [6, 6.07) is 0. The molecule has 6 heteroatoms. The molecule has 0 spiro atoms. The maximum absolute atomic E-state index is 11.5. The Hall–Kier alpha value is -0.680. The van der Waals surface area contributed by atoms with Gasteiger partial charge in [0.2, 0.25) is 0 Å². The molecule has 1 N–H and O–H groups in total. The molecule has 0 unspecified atom stereocenters. The molecule has 1 heterocycles. The third-order valence-electron chi connectivity index (χ3n) is 1.02. The fraction of sp³-hybridized carbons (Fsp3) is 0.400. The summed E-state index contributed by atoms with van der Waals surface area (Å²) < 4.78 is 26.9. The number of halogens is 3. The number of hydrogen-bond acceptors (Lipinski definition) is 2. The number of alkyl halides is 2. The molecule has 0 saturated heterocycles. The van der Waals surface area contributed by atoms with Crippen molar-refractivity contribution in [3.63, 3.8) is 0 Å². The van der Waals surface area contributed by atoms with Crippen LogP contribution >= 0.6 is 11.6 Å². The highest BCUT2D eigenvalue weighted by molar-refractivity contribution is 6.31. The molecule has 0 saturated carbocycles. The standard InChI is InChI=1S/C5H5ClF2N2O/c6-3-1-9-10-4(3)2-11-5(7)8/h1,5H,2H2,(H,9,10). The Morgan fingerprint density at radius 1 is 1.73 bits per heavy atom. The molecular weight excluding hydrogens is 178 g/mol. The van der Waals surface area contributed by atoms with E-state index in [0.29, 0.717) is 10.7 Å². The molecule has 0 aliphatic carbocycles. The Kier molecular flexibility index (Phi) is 2.78. The van der Waals surface area contributed by atoms with Crippen LogP contribution in [-0.2, 0) is 11.3 Å². The fourth-order valence-electron chi connectivity index (χ4n) is 0.546. The summed E-state index contributed by atoms with van der Waals surface area (Å²) >= 11 is 5.50. The molecule has 0 aliphatic heterocycles. The van der Waals surface area contributed by atoms with Crippen molar-refractivity contribution in [1.82, 2.24) is 10.2 Å². The maximum Gasteiger partial charge on any atom is 0.345 e. The molecule has 0 atom stereocenters. The molecule has 0 fully saturated rings. The summed E-state index contributed by atoms with van der Waals surface area (Å²) in [7, 11) is 0. The van der Waals surface area contributed by atoms with E-state index in [1.165, 1.54) is 6.20 Å². The topological polar surface area (TPSA) is 37.9 Å². The Morgan fingerprint density at radius 3 is 2.91 bits per heavy atom. The van der Waals surface area contributed by atoms with Crippen molar-refractivity contribution in [2.45, 2.75) is 13.2 Å². The van der Waals surface area contributed by atoms with Crippen LogP contribution < -0.4 is 0 Å². The van der Waals surface area contributed by atoms with Gasteiger partial charge >= 0.3 is 6.61 Å². The zero-order chi connectivity index (χ0) is 8.27. The highest BCUT2D eigenvalue weighted by Gasteiger charge is 2.06. The lowest BCUT2D eigenvalue weighted by molar-refractivity contribution is -0.137. The maximum atomic E-state index is 11.5. The highest BCUT2D eigenvalue weighted by atomic mass is 35.5. The molecule has 0 aromatic carbocycles. The number of hydrogen-bond donors (Lipinski definition) is 1. The number of aromatic amines is 1. The van der Waals surface area contributed by atoms with Gasteiger partial charge in [0.25, 0.3) is 0 Å². The van der Waals surface area contributed by atoms with Crippen molar-refractivity contribution in [1.29, 1.82) is 0 Å². The first-order valence-electron chi connectivity index (χ1n) is 2.77. The van der Waals surface area contributed by atoms with Crippen molar-refractivity contribution >= 4 is 11.6 Å². The SMILES string of the molecule is FC(F)OCc1[nH]ncc1Cl. The van der Waals surface area contributed by atoms with Gasteiger partial charge in [-0.15, -0.1) is 0 Å². The van der Waals surface area contributed by atoms with Gasteiger partial charge in [0.05, 0.1) is 23.5 Å². The van der Waals surface area contributed by atoms with E-state index in [2.05, 4.69) is 14.9 Å². The summed E-state index contributed by atoms with van der Waals surface area (Å²) in [4.78, 5) is 0. The monoisotopic (exact) mass is 182 g/mol. The Balaban J connectivity index is 2.44. The molecule has 0 amide bonds. The minimum Gasteiger partial charge on any atom is -0.316 e. The van der Waals surface area contributed by atoms with E-state index in [9.17, 15) is 8.78 Å². The average molecular weight is 183 g/mol. The van der Waals surface area contributed by atoms with Gasteiger partial charge in [0.1, 0.15) is 0 Å². The number of nitrogens with one attached hydrogen (secondary N) is 1. The van der Waals surface area contributed by atoms with E-state index in [1.807, 2.05) is 0 Å². The number of rotatable bonds is 3. The number of aromatic nitrogens is 2. The molecule has 3 nitrogen and oxygen atoms in total. The van der Waals surface area contributed by atoms with E-state index >= 15 is 0 Å². The van der Waals surface area contributed by atoms with Crippen LogP contribution in [0.5, 0.6) is 0 Å². The smallest absolute Gasteiger partial charge is 0.316 e. The van der Waals surface area contributed by atoms with Gasteiger partial charge in [-0.2, -0.15) is 13.9 Å². The van der Waals surface area contributed by atoms with Gasteiger partial charge < -0.3 is 4.74 Å². The van der Waals surface area contributed by atoms with Crippen LogP contribution in [0.2, 0.25) is 5.02 Å². The number of H-pyrrole nitrogens is 1. The first kappa shape index (κ1) is 8.42. The average Bonchev–Trinajstić information content (AvgIpc) is 2.31. The predicted octanol–water partition coefficient (Wildman–Crippen LogP) is 1.80. The van der Waals surface area contributed by atoms with Gasteiger partial charge in [0.15, 0.2) is 0 Å². The lowest BCUT2D eigenvalue weighted by Gasteiger charge is -1.98. The van der Waals surface area contributed by atoms with E-state index in [4.69, 9.17) is 11.6 Å². The van der Waals surface area contributed by atoms with Crippen molar-refractivity contribution < 1.29 is 13.5 Å². The van der Waals surface area contributed by atoms with Gasteiger partial charge in [-0.05, 0) is 0 Å². The highest BCUT2D eigenvalue weighted by Crippen LogP contribution is 2.13. The van der Waals surface area contributed by atoms with Gasteiger partial charge in [-0.25, -0.2) is 0 Å². The zero-order valence-electron chi connectivity index (χ0n) is 5.35. The van der Waals surface area contributed by atoms with Crippen LogP contribution in [0.25, 0.3) is 0 Å². The molecule has 0 radical (unpaired) electrons. The van der Waals surface area contributed by atoms with Gasteiger partial charge in [-0.3, -0.25) is 5.10 Å². The van der Waals surface area contributed by atoms with Crippen molar-refractivity contribution in [2.24, 2.45) is 0 Å². The molecule has 0 bridgehead atoms. The molecular formula is C5H5ClF2N2O. The lowest BCUT2D eigenvalue weighted by Crippen LogP contribution is -1.99. The number of ether oxygens (including phenoxy) is 1. The largest absolute Gasteiger partial charge is 0.345 e. The minimum absolute atomic E-state index is 0.253. The minimum atomic E-state index is -2.78. The van der Waals surface area contributed by atoms with Crippen LogP contribution in [0.15, 0.2) is 6.20 Å². The van der Waals surface area contributed by atoms with Gasteiger partial charge in [-0.1, -0.05) is 11.6 Å². The van der Waals surface area contributed by atoms with Crippen LogP contribution in [0, 0.1) is 0 Å². The van der Waals surface area contributed by atoms with E-state index in [-0.39, 0.29) is 6.61 Å². The summed E-state index contributed by atoms with van der Waals surface area (Å²) in [5, 5.41) is 6.24. The molecule has 1 aromatic heterocycles. The van der Waals surface area contributed by atoms with Crippen LogP contribution in [0.4, 0.5) is 8.78 Å². The summed E-state index contributed by atoms with van der Waals surface area (Å²) in [6.07, 6.45) is 1.33. The quantitative estimate of drug-likeness (QED) is 0.774. The molecule has 11 heavy (non-hydrogen) atoms. The first-order chi connectivity index (χ1) is 5.20. The molecule has 1 rings (SSSR count). The third-order valence-corrected chi connectivity index (χ3v) is 1.35. The predicted molar refractivity (Wildman–Crippen MR) is 34.4 cm³/mol. The van der Waals surface area contributed by atoms with Crippen LogP contribution in [0.3, 0.4) is 0 Å². The summed E-state index contributed by atoms with van der Waals surface area (Å²) in [5.41, 5.74) is 0.354. The van der Waals surface area contributed by atoms with E-state index in [1.54, 1.807) is 0 Å². The van der Waals surface area contributed by atoms with E-state index in [0.717, 1.165) is 0 Å². The second-order valence-electron chi connectivity index (χ2n) is 1.77. The van der Waals surface area contributed by atoms with Crippen molar-refractivity contribution in [3.05, 3.63) is 16.9 Å². The first-order valence-corrected chi connectivity index (χ1v) is 3.15. The second-order valence-corrected chi connectivity index (χ2v) is 2.18. The van der Waals surface area contributed by atoms with Crippen molar-refractivity contribution in [2.75, 3.05) is 0 Å². The second kappa shape index (κ2) is 3.64. The molecule has 62 valence electrons. The Morgan fingerprint density at radius 2 is 2.45 bits per heavy atom. The van der Waals surface area contributed by atoms with Gasteiger partial charge in [0, 0.05) is 0 Å². The third kappa shape index (κ3) is 2.44. The van der Waals surface area contributed by atoms with Crippen molar-refractivity contribution in [3.8, 4) is 0 Å².